The first kappa shape index (κ1) is 14.0. The molecule has 0 spiro atoms. The number of hydrogen-bond acceptors (Lipinski definition) is 3. The molecular formula is C14H17ClN2O2. The van der Waals surface area contributed by atoms with Gasteiger partial charge in [-0.25, -0.2) is 0 Å². The number of piperazine rings is 1. The predicted molar refractivity (Wildman–Crippen MR) is 74.4 cm³/mol. The molecule has 5 heteroatoms. The van der Waals surface area contributed by atoms with Crippen LogP contribution in [0.5, 0.6) is 0 Å². The summed E-state index contributed by atoms with van der Waals surface area (Å²) in [6, 6.07) is 6.25. The summed E-state index contributed by atoms with van der Waals surface area (Å²) in [5.41, 5.74) is 0.620. The summed E-state index contributed by atoms with van der Waals surface area (Å²) in [6.07, 6.45) is 0. The molecule has 0 aliphatic carbocycles. The quantitative estimate of drug-likeness (QED) is 0.858. The van der Waals surface area contributed by atoms with E-state index >= 15 is 0 Å². The maximum absolute atomic E-state index is 12.4. The SMILES string of the molecule is CC1C(=O)NCCN1C(C)C(=O)c1ccc(Cl)cc1. The van der Waals surface area contributed by atoms with Crippen LogP contribution in [0.25, 0.3) is 0 Å². The summed E-state index contributed by atoms with van der Waals surface area (Å²) in [7, 11) is 0. The number of nitrogens with one attached hydrogen (secondary N) is 1. The van der Waals surface area contributed by atoms with Gasteiger partial charge in [-0.2, -0.15) is 0 Å². The number of amides is 1. The largest absolute Gasteiger partial charge is 0.353 e. The fourth-order valence-corrected chi connectivity index (χ4v) is 2.46. The zero-order valence-corrected chi connectivity index (χ0v) is 11.8. The zero-order chi connectivity index (χ0) is 14.0. The summed E-state index contributed by atoms with van der Waals surface area (Å²) in [6.45, 7) is 4.93. The Morgan fingerprint density at radius 3 is 2.68 bits per heavy atom. The maximum atomic E-state index is 12.4. The number of ketones is 1. The van der Waals surface area contributed by atoms with Crippen molar-refractivity contribution in [2.45, 2.75) is 25.9 Å². The van der Waals surface area contributed by atoms with E-state index in [0.717, 1.165) is 0 Å². The molecule has 1 saturated heterocycles. The van der Waals surface area contributed by atoms with Gasteiger partial charge in [0.1, 0.15) is 0 Å². The van der Waals surface area contributed by atoms with E-state index in [9.17, 15) is 9.59 Å². The summed E-state index contributed by atoms with van der Waals surface area (Å²) in [5, 5.41) is 3.40. The second-order valence-corrected chi connectivity index (χ2v) is 5.19. The normalized spacial score (nSPS) is 21.8. The molecule has 2 rings (SSSR count). The van der Waals surface area contributed by atoms with Crippen molar-refractivity contribution in [3.63, 3.8) is 0 Å². The maximum Gasteiger partial charge on any atom is 0.237 e. The van der Waals surface area contributed by atoms with Crippen LogP contribution in [-0.2, 0) is 4.79 Å². The third kappa shape index (κ3) is 2.96. The number of hydrogen-bond donors (Lipinski definition) is 1. The molecule has 1 aliphatic rings. The van der Waals surface area contributed by atoms with Gasteiger partial charge in [0.2, 0.25) is 5.91 Å². The Bertz CT molecular complexity index is 487. The molecule has 1 aromatic carbocycles. The van der Waals surface area contributed by atoms with E-state index in [-0.39, 0.29) is 23.8 Å². The first-order valence-corrected chi connectivity index (χ1v) is 6.71. The standard InChI is InChI=1S/C14H17ClN2O2/c1-9(17-8-7-16-14(19)10(17)2)13(18)11-3-5-12(15)6-4-11/h3-6,9-10H,7-8H2,1-2H3,(H,16,19). The minimum absolute atomic E-state index is 0.0122. The third-order valence-electron chi connectivity index (χ3n) is 3.55. The average molecular weight is 281 g/mol. The smallest absolute Gasteiger partial charge is 0.237 e. The fraction of sp³-hybridized carbons (Fsp3) is 0.429. The van der Waals surface area contributed by atoms with Crippen LogP contribution in [0.15, 0.2) is 24.3 Å². The van der Waals surface area contributed by atoms with Crippen LogP contribution >= 0.6 is 11.6 Å². The van der Waals surface area contributed by atoms with Crippen LogP contribution < -0.4 is 5.32 Å². The lowest BCUT2D eigenvalue weighted by Crippen LogP contribution is -2.58. The van der Waals surface area contributed by atoms with Crippen LogP contribution in [0.3, 0.4) is 0 Å². The monoisotopic (exact) mass is 280 g/mol. The van der Waals surface area contributed by atoms with Crippen LogP contribution in [0.2, 0.25) is 5.02 Å². The van der Waals surface area contributed by atoms with Crippen molar-refractivity contribution in [2.75, 3.05) is 13.1 Å². The minimum Gasteiger partial charge on any atom is -0.353 e. The molecule has 2 atom stereocenters. The van der Waals surface area contributed by atoms with E-state index in [1.165, 1.54) is 0 Å². The molecule has 1 N–H and O–H groups in total. The molecule has 4 nitrogen and oxygen atoms in total. The highest BCUT2D eigenvalue weighted by Gasteiger charge is 2.32. The van der Waals surface area contributed by atoms with E-state index < -0.39 is 0 Å². The fourth-order valence-electron chi connectivity index (χ4n) is 2.34. The van der Waals surface area contributed by atoms with Crippen LogP contribution in [0.4, 0.5) is 0 Å². The Hall–Kier alpha value is -1.39. The predicted octanol–water partition coefficient (Wildman–Crippen LogP) is 1.73. The second kappa shape index (κ2) is 5.72. The Kier molecular flexibility index (Phi) is 4.22. The first-order valence-electron chi connectivity index (χ1n) is 6.34. The topological polar surface area (TPSA) is 49.4 Å². The molecule has 1 aromatic rings. The van der Waals surface area contributed by atoms with E-state index in [1.807, 2.05) is 18.7 Å². The van der Waals surface area contributed by atoms with Crippen LogP contribution in [-0.4, -0.2) is 41.8 Å². The van der Waals surface area contributed by atoms with E-state index in [1.54, 1.807) is 24.3 Å². The van der Waals surface area contributed by atoms with Gasteiger partial charge in [-0.3, -0.25) is 14.5 Å². The van der Waals surface area contributed by atoms with Gasteiger partial charge in [0.15, 0.2) is 5.78 Å². The molecule has 2 unspecified atom stereocenters. The molecule has 1 heterocycles. The van der Waals surface area contributed by atoms with Gasteiger partial charge in [0, 0.05) is 23.7 Å². The van der Waals surface area contributed by atoms with Crippen molar-refractivity contribution in [1.29, 1.82) is 0 Å². The van der Waals surface area contributed by atoms with Gasteiger partial charge in [0.05, 0.1) is 12.1 Å². The highest BCUT2D eigenvalue weighted by atomic mass is 35.5. The summed E-state index contributed by atoms with van der Waals surface area (Å²) < 4.78 is 0. The lowest BCUT2D eigenvalue weighted by molar-refractivity contribution is -0.128. The number of halogens is 1. The molecule has 1 aliphatic heterocycles. The first-order chi connectivity index (χ1) is 9.00. The van der Waals surface area contributed by atoms with Crippen molar-refractivity contribution in [2.24, 2.45) is 0 Å². The highest BCUT2D eigenvalue weighted by Crippen LogP contribution is 2.16. The van der Waals surface area contributed by atoms with Gasteiger partial charge < -0.3 is 5.32 Å². The molecule has 0 radical (unpaired) electrons. The summed E-state index contributed by atoms with van der Waals surface area (Å²) in [5.74, 6) is -0.0137. The third-order valence-corrected chi connectivity index (χ3v) is 3.80. The minimum atomic E-state index is -0.317. The van der Waals surface area contributed by atoms with Crippen molar-refractivity contribution >= 4 is 23.3 Å². The van der Waals surface area contributed by atoms with E-state index in [4.69, 9.17) is 11.6 Å². The number of Topliss-reactive ketones (excluding diaryl/α,β-unsaturated/α-hetero) is 1. The van der Waals surface area contributed by atoms with Gasteiger partial charge in [-0.15, -0.1) is 0 Å². The summed E-state index contributed by atoms with van der Waals surface area (Å²) >= 11 is 5.81. The Morgan fingerprint density at radius 2 is 2.05 bits per heavy atom. The molecule has 102 valence electrons. The molecule has 0 bridgehead atoms. The molecule has 0 saturated carbocycles. The highest BCUT2D eigenvalue weighted by molar-refractivity contribution is 6.30. The molecule has 1 fully saturated rings. The number of rotatable bonds is 3. The van der Waals surface area contributed by atoms with Crippen molar-refractivity contribution < 1.29 is 9.59 Å². The van der Waals surface area contributed by atoms with Gasteiger partial charge in [-0.05, 0) is 38.1 Å². The zero-order valence-electron chi connectivity index (χ0n) is 11.0. The van der Waals surface area contributed by atoms with Crippen LogP contribution in [0.1, 0.15) is 24.2 Å². The number of nitrogens with zero attached hydrogens (tertiary/aromatic N) is 1. The molecule has 19 heavy (non-hydrogen) atoms. The van der Waals surface area contributed by atoms with Gasteiger partial charge in [-0.1, -0.05) is 11.6 Å². The van der Waals surface area contributed by atoms with Crippen molar-refractivity contribution in [1.82, 2.24) is 10.2 Å². The molecule has 1 amide bonds. The lowest BCUT2D eigenvalue weighted by Gasteiger charge is -2.36. The average Bonchev–Trinajstić information content (AvgIpc) is 2.41. The molecule has 0 aromatic heterocycles. The van der Waals surface area contributed by atoms with E-state index in [0.29, 0.717) is 23.7 Å². The van der Waals surface area contributed by atoms with Crippen molar-refractivity contribution in [3.05, 3.63) is 34.9 Å². The van der Waals surface area contributed by atoms with E-state index in [2.05, 4.69) is 5.32 Å². The van der Waals surface area contributed by atoms with Gasteiger partial charge in [0.25, 0.3) is 0 Å². The Morgan fingerprint density at radius 1 is 1.42 bits per heavy atom. The Balaban J connectivity index is 2.14. The second-order valence-electron chi connectivity index (χ2n) is 4.75. The van der Waals surface area contributed by atoms with Gasteiger partial charge >= 0.3 is 0 Å². The van der Waals surface area contributed by atoms with Crippen molar-refractivity contribution in [3.8, 4) is 0 Å². The lowest BCUT2D eigenvalue weighted by atomic mass is 10.0. The molecular weight excluding hydrogens is 264 g/mol. The summed E-state index contributed by atoms with van der Waals surface area (Å²) in [4.78, 5) is 25.9. The Labute approximate surface area is 117 Å². The van der Waals surface area contributed by atoms with Crippen LogP contribution in [0, 0.1) is 0 Å². The number of benzene rings is 1. The number of carbonyl (C=O) groups excluding carboxylic acids is 2. The number of carbonyl (C=O) groups is 2.